The summed E-state index contributed by atoms with van der Waals surface area (Å²) in [6.45, 7) is 8.05. The third-order valence-electron chi connectivity index (χ3n) is 4.36. The number of aromatic nitrogens is 2. The molecule has 0 saturated carbocycles. The molecule has 0 unspecified atom stereocenters. The number of rotatable bonds is 3. The van der Waals surface area contributed by atoms with E-state index in [-0.39, 0.29) is 11.6 Å². The van der Waals surface area contributed by atoms with Gasteiger partial charge in [0.15, 0.2) is 0 Å². The molecule has 1 aliphatic heterocycles. The van der Waals surface area contributed by atoms with E-state index in [9.17, 15) is 14.4 Å². The van der Waals surface area contributed by atoms with Crippen molar-refractivity contribution in [1.29, 1.82) is 0 Å². The molecule has 3 rings (SSSR count). The molecular formula is C19H20N4O3. The zero-order valence-corrected chi connectivity index (χ0v) is 15.1. The molecule has 7 nitrogen and oxygen atoms in total. The molecule has 4 amide bonds. The lowest BCUT2D eigenvalue weighted by Gasteiger charge is -2.26. The molecular weight excluding hydrogens is 332 g/mol. The lowest BCUT2D eigenvalue weighted by atomic mass is 10.1. The van der Waals surface area contributed by atoms with Gasteiger partial charge in [-0.2, -0.15) is 0 Å². The number of nitrogens with one attached hydrogen (secondary N) is 1. The van der Waals surface area contributed by atoms with Gasteiger partial charge in [-0.05, 0) is 57.5 Å². The van der Waals surface area contributed by atoms with Gasteiger partial charge in [-0.15, -0.1) is 0 Å². The summed E-state index contributed by atoms with van der Waals surface area (Å²) in [5, 5.41) is 2.22. The quantitative estimate of drug-likeness (QED) is 0.680. The van der Waals surface area contributed by atoms with Crippen molar-refractivity contribution in [2.24, 2.45) is 0 Å². The van der Waals surface area contributed by atoms with E-state index in [4.69, 9.17) is 0 Å². The second kappa shape index (κ2) is 6.59. The normalized spacial score (nSPS) is 16.6. The summed E-state index contributed by atoms with van der Waals surface area (Å²) in [7, 11) is 0. The van der Waals surface area contributed by atoms with Gasteiger partial charge in [0.2, 0.25) is 0 Å². The average Bonchev–Trinajstić information content (AvgIpc) is 2.86. The van der Waals surface area contributed by atoms with Crippen LogP contribution in [0.15, 0.2) is 36.2 Å². The van der Waals surface area contributed by atoms with Crippen LogP contribution in [0.3, 0.4) is 0 Å². The first-order valence-corrected chi connectivity index (χ1v) is 8.31. The number of nitrogens with zero attached hydrogens (tertiary/aromatic N) is 3. The number of hydrogen-bond donors (Lipinski definition) is 1. The third kappa shape index (κ3) is 2.92. The zero-order chi connectivity index (χ0) is 19.0. The van der Waals surface area contributed by atoms with E-state index in [1.807, 2.05) is 19.9 Å². The van der Waals surface area contributed by atoms with Crippen LogP contribution in [0.4, 0.5) is 10.5 Å². The van der Waals surface area contributed by atoms with Crippen LogP contribution in [0.1, 0.15) is 36.8 Å². The van der Waals surface area contributed by atoms with Crippen molar-refractivity contribution in [2.75, 3.05) is 4.90 Å². The summed E-state index contributed by atoms with van der Waals surface area (Å²) < 4.78 is 2.13. The number of carbonyl (C=O) groups is 3. The van der Waals surface area contributed by atoms with Crippen LogP contribution in [-0.4, -0.2) is 27.4 Å². The predicted octanol–water partition coefficient (Wildman–Crippen LogP) is 2.75. The number of hydrogen-bond acceptors (Lipinski definition) is 4. The number of pyridine rings is 1. The fourth-order valence-corrected chi connectivity index (χ4v) is 3.28. The highest BCUT2D eigenvalue weighted by Crippen LogP contribution is 2.25. The van der Waals surface area contributed by atoms with Gasteiger partial charge >= 0.3 is 6.03 Å². The summed E-state index contributed by atoms with van der Waals surface area (Å²) in [5.41, 5.74) is 3.05. The van der Waals surface area contributed by atoms with Crippen molar-refractivity contribution >= 4 is 29.6 Å². The number of carbonyl (C=O) groups excluding carboxylic acids is 3. The topological polar surface area (TPSA) is 84.3 Å². The van der Waals surface area contributed by atoms with Crippen molar-refractivity contribution in [3.05, 3.63) is 53.1 Å². The number of anilines is 1. The highest BCUT2D eigenvalue weighted by molar-refractivity contribution is 6.39. The third-order valence-corrected chi connectivity index (χ3v) is 4.36. The number of amides is 4. The van der Waals surface area contributed by atoms with Crippen molar-refractivity contribution in [2.45, 2.75) is 33.7 Å². The van der Waals surface area contributed by atoms with Gasteiger partial charge in [0.25, 0.3) is 11.8 Å². The molecule has 26 heavy (non-hydrogen) atoms. The Morgan fingerprint density at radius 1 is 1.12 bits per heavy atom. The minimum atomic E-state index is -0.768. The molecule has 0 spiro atoms. The Labute approximate surface area is 151 Å². The van der Waals surface area contributed by atoms with Gasteiger partial charge < -0.3 is 4.57 Å². The van der Waals surface area contributed by atoms with Crippen molar-refractivity contribution in [1.82, 2.24) is 14.9 Å². The highest BCUT2D eigenvalue weighted by atomic mass is 16.2. The summed E-state index contributed by atoms with van der Waals surface area (Å²) >= 11 is 0. The molecule has 7 heteroatoms. The first kappa shape index (κ1) is 17.6. The van der Waals surface area contributed by atoms with E-state index in [1.54, 1.807) is 6.08 Å². The lowest BCUT2D eigenvalue weighted by molar-refractivity contribution is -0.122. The Bertz CT molecular complexity index is 926. The minimum absolute atomic E-state index is 0.0783. The summed E-state index contributed by atoms with van der Waals surface area (Å²) in [6.07, 6.45) is 4.50. The highest BCUT2D eigenvalue weighted by Gasteiger charge is 2.37. The zero-order valence-electron chi connectivity index (χ0n) is 15.1. The van der Waals surface area contributed by atoms with Gasteiger partial charge in [0, 0.05) is 29.8 Å². The van der Waals surface area contributed by atoms with Crippen molar-refractivity contribution < 1.29 is 14.4 Å². The first-order chi connectivity index (χ1) is 12.3. The molecule has 1 N–H and O–H groups in total. The van der Waals surface area contributed by atoms with E-state index in [0.717, 1.165) is 21.9 Å². The van der Waals surface area contributed by atoms with Crippen LogP contribution in [-0.2, 0) is 9.59 Å². The lowest BCUT2D eigenvalue weighted by Crippen LogP contribution is -2.54. The number of urea groups is 1. The SMILES string of the molecule is Cc1cc(/C=C2\C(=O)NC(=O)N(c3ccncc3)C2=O)c(C)n1C(C)C. The molecule has 0 atom stereocenters. The van der Waals surface area contributed by atoms with Crippen LogP contribution in [0.2, 0.25) is 0 Å². The van der Waals surface area contributed by atoms with Gasteiger partial charge in [0.05, 0.1) is 5.69 Å². The largest absolute Gasteiger partial charge is 0.346 e. The fourth-order valence-electron chi connectivity index (χ4n) is 3.28. The maximum absolute atomic E-state index is 12.8. The Kier molecular flexibility index (Phi) is 4.46. The molecule has 1 saturated heterocycles. The molecule has 0 aliphatic carbocycles. The Hall–Kier alpha value is -3.22. The van der Waals surface area contributed by atoms with Crippen LogP contribution < -0.4 is 10.2 Å². The maximum Gasteiger partial charge on any atom is 0.335 e. The van der Waals surface area contributed by atoms with Crippen LogP contribution in [0, 0.1) is 13.8 Å². The monoisotopic (exact) mass is 352 g/mol. The van der Waals surface area contributed by atoms with Gasteiger partial charge in [0.1, 0.15) is 5.57 Å². The van der Waals surface area contributed by atoms with E-state index < -0.39 is 17.8 Å². The van der Waals surface area contributed by atoms with Crippen molar-refractivity contribution in [3.63, 3.8) is 0 Å². The summed E-state index contributed by atoms with van der Waals surface area (Å²) in [6, 6.07) is 4.49. The molecule has 3 heterocycles. The molecule has 1 aliphatic rings. The van der Waals surface area contributed by atoms with Crippen LogP contribution in [0.5, 0.6) is 0 Å². The summed E-state index contributed by atoms with van der Waals surface area (Å²) in [4.78, 5) is 42.1. The number of imide groups is 2. The average molecular weight is 352 g/mol. The number of aryl methyl sites for hydroxylation is 1. The molecule has 0 bridgehead atoms. The van der Waals surface area contributed by atoms with E-state index in [0.29, 0.717) is 5.69 Å². The Balaban J connectivity index is 2.06. The standard InChI is InChI=1S/C19H20N4O3/c1-11(2)22-12(3)9-14(13(22)4)10-16-17(24)21-19(26)23(18(16)25)15-5-7-20-8-6-15/h5-11H,1-4H3,(H,21,24,26)/b16-10+. The van der Waals surface area contributed by atoms with Gasteiger partial charge in [-0.25, -0.2) is 9.69 Å². The molecule has 2 aromatic rings. The smallest absolute Gasteiger partial charge is 0.335 e. The molecule has 1 fully saturated rings. The van der Waals surface area contributed by atoms with E-state index in [1.165, 1.54) is 24.5 Å². The van der Waals surface area contributed by atoms with Crippen LogP contribution in [0.25, 0.3) is 6.08 Å². The second-order valence-corrected chi connectivity index (χ2v) is 6.45. The molecule has 0 aromatic carbocycles. The maximum atomic E-state index is 12.8. The fraction of sp³-hybridized carbons (Fsp3) is 0.263. The Morgan fingerprint density at radius 3 is 2.35 bits per heavy atom. The Morgan fingerprint density at radius 2 is 1.77 bits per heavy atom. The molecule has 0 radical (unpaired) electrons. The molecule has 134 valence electrons. The van der Waals surface area contributed by atoms with E-state index in [2.05, 4.69) is 28.7 Å². The van der Waals surface area contributed by atoms with Gasteiger partial charge in [-0.1, -0.05) is 0 Å². The molecule has 2 aromatic heterocycles. The predicted molar refractivity (Wildman–Crippen MR) is 97.5 cm³/mol. The van der Waals surface area contributed by atoms with Crippen LogP contribution >= 0.6 is 0 Å². The minimum Gasteiger partial charge on any atom is -0.346 e. The summed E-state index contributed by atoms with van der Waals surface area (Å²) in [5.74, 6) is -1.35. The second-order valence-electron chi connectivity index (χ2n) is 6.45. The van der Waals surface area contributed by atoms with E-state index >= 15 is 0 Å². The van der Waals surface area contributed by atoms with Crippen molar-refractivity contribution in [3.8, 4) is 0 Å². The van der Waals surface area contributed by atoms with Gasteiger partial charge in [-0.3, -0.25) is 19.9 Å². The first-order valence-electron chi connectivity index (χ1n) is 8.31. The number of barbiturate groups is 1.